The van der Waals surface area contributed by atoms with Crippen molar-refractivity contribution in [2.45, 2.75) is 22.9 Å². The predicted molar refractivity (Wildman–Crippen MR) is 147 cm³/mol. The molecule has 1 heterocycles. The van der Waals surface area contributed by atoms with E-state index in [2.05, 4.69) is 15.0 Å². The van der Waals surface area contributed by atoms with Crippen LogP contribution >= 0.6 is 0 Å². The fourth-order valence-electron chi connectivity index (χ4n) is 3.66. The van der Waals surface area contributed by atoms with Crippen LogP contribution in [0.25, 0.3) is 0 Å². The molecule has 0 aliphatic rings. The van der Waals surface area contributed by atoms with Crippen LogP contribution < -0.4 is 14.3 Å². The standard InChI is InChI=1S/C27H23F3N4O5S2/c1-19-8-12-24(13-9-19)41(38,39)34(22-6-4-5-20(17-22)27(28,29)30)18-26(35)32-21-10-14-23(15-11-21)40(36,37)33-25-7-2-3-16-31-25/h2-17H,18H2,1H3,(H,31,33)(H,32,35). The number of anilines is 3. The van der Waals surface area contributed by atoms with Gasteiger partial charge in [-0.15, -0.1) is 0 Å². The first kappa shape index (κ1) is 29.6. The van der Waals surface area contributed by atoms with Gasteiger partial charge >= 0.3 is 6.18 Å². The number of halogens is 3. The first-order valence-electron chi connectivity index (χ1n) is 11.9. The van der Waals surface area contributed by atoms with Crippen molar-refractivity contribution in [1.82, 2.24) is 4.98 Å². The van der Waals surface area contributed by atoms with Crippen molar-refractivity contribution in [3.05, 3.63) is 108 Å². The summed E-state index contributed by atoms with van der Waals surface area (Å²) in [6.45, 7) is 0.873. The van der Waals surface area contributed by atoms with E-state index in [1.54, 1.807) is 19.1 Å². The van der Waals surface area contributed by atoms with Crippen LogP contribution in [0.1, 0.15) is 11.1 Å². The Hall–Kier alpha value is -4.43. The molecular weight excluding hydrogens is 581 g/mol. The lowest BCUT2D eigenvalue weighted by Crippen LogP contribution is -2.38. The number of carbonyl (C=O) groups excluding carboxylic acids is 1. The lowest BCUT2D eigenvalue weighted by molar-refractivity contribution is -0.137. The largest absolute Gasteiger partial charge is 0.416 e. The van der Waals surface area contributed by atoms with Crippen molar-refractivity contribution >= 4 is 43.1 Å². The Morgan fingerprint density at radius 1 is 0.854 bits per heavy atom. The smallest absolute Gasteiger partial charge is 0.325 e. The van der Waals surface area contributed by atoms with Crippen molar-refractivity contribution in [1.29, 1.82) is 0 Å². The highest BCUT2D eigenvalue weighted by atomic mass is 32.2. The number of hydrogen-bond acceptors (Lipinski definition) is 6. The average molecular weight is 605 g/mol. The number of sulfonamides is 2. The molecule has 0 aliphatic heterocycles. The van der Waals surface area contributed by atoms with E-state index in [1.807, 2.05) is 0 Å². The van der Waals surface area contributed by atoms with E-state index in [4.69, 9.17) is 0 Å². The fraction of sp³-hybridized carbons (Fsp3) is 0.111. The lowest BCUT2D eigenvalue weighted by atomic mass is 10.2. The summed E-state index contributed by atoms with van der Waals surface area (Å²) in [4.78, 5) is 16.5. The molecule has 1 aromatic heterocycles. The molecule has 0 radical (unpaired) electrons. The fourth-order valence-corrected chi connectivity index (χ4v) is 6.08. The zero-order valence-corrected chi connectivity index (χ0v) is 23.0. The summed E-state index contributed by atoms with van der Waals surface area (Å²) >= 11 is 0. The molecule has 0 saturated carbocycles. The van der Waals surface area contributed by atoms with Crippen molar-refractivity contribution in [3.63, 3.8) is 0 Å². The molecule has 0 atom stereocenters. The quantitative estimate of drug-likeness (QED) is 0.276. The van der Waals surface area contributed by atoms with Gasteiger partial charge in [0, 0.05) is 11.9 Å². The number of alkyl halides is 3. The van der Waals surface area contributed by atoms with E-state index >= 15 is 0 Å². The van der Waals surface area contributed by atoms with Gasteiger partial charge < -0.3 is 5.32 Å². The van der Waals surface area contributed by atoms with Gasteiger partial charge in [-0.1, -0.05) is 29.8 Å². The molecule has 4 rings (SSSR count). The van der Waals surface area contributed by atoms with Gasteiger partial charge in [0.1, 0.15) is 12.4 Å². The monoisotopic (exact) mass is 604 g/mol. The van der Waals surface area contributed by atoms with Crippen LogP contribution in [-0.2, 0) is 31.0 Å². The Morgan fingerprint density at radius 3 is 2.12 bits per heavy atom. The molecule has 0 unspecified atom stereocenters. The number of pyridine rings is 1. The van der Waals surface area contributed by atoms with E-state index in [0.717, 1.165) is 23.8 Å². The Bertz CT molecular complexity index is 1750. The van der Waals surface area contributed by atoms with Crippen LogP contribution in [0.5, 0.6) is 0 Å². The van der Waals surface area contributed by atoms with Gasteiger partial charge in [0.05, 0.1) is 21.0 Å². The van der Waals surface area contributed by atoms with Crippen LogP contribution in [0.2, 0.25) is 0 Å². The summed E-state index contributed by atoms with van der Waals surface area (Å²) in [5.74, 6) is -0.769. The zero-order chi connectivity index (χ0) is 29.8. The molecule has 3 aromatic carbocycles. The minimum absolute atomic E-state index is 0.106. The molecule has 41 heavy (non-hydrogen) atoms. The number of nitrogens with zero attached hydrogens (tertiary/aromatic N) is 2. The Morgan fingerprint density at radius 2 is 1.51 bits per heavy atom. The highest BCUT2D eigenvalue weighted by Gasteiger charge is 2.33. The number of rotatable bonds is 9. The van der Waals surface area contributed by atoms with Gasteiger partial charge in [-0.3, -0.25) is 13.8 Å². The molecule has 4 aromatic rings. The number of amides is 1. The molecule has 214 valence electrons. The molecule has 0 fully saturated rings. The Kier molecular flexibility index (Phi) is 8.35. The normalized spacial score (nSPS) is 12.0. The zero-order valence-electron chi connectivity index (χ0n) is 21.3. The molecule has 14 heteroatoms. The number of hydrogen-bond donors (Lipinski definition) is 2. The van der Waals surface area contributed by atoms with Gasteiger partial charge in [-0.05, 0) is 73.7 Å². The summed E-state index contributed by atoms with van der Waals surface area (Å²) in [6, 6.07) is 19.0. The maximum absolute atomic E-state index is 13.5. The van der Waals surface area contributed by atoms with E-state index in [1.165, 1.54) is 60.8 Å². The minimum Gasteiger partial charge on any atom is -0.325 e. The minimum atomic E-state index is -4.74. The maximum Gasteiger partial charge on any atom is 0.416 e. The number of aromatic nitrogens is 1. The van der Waals surface area contributed by atoms with Crippen LogP contribution in [-0.4, -0.2) is 34.3 Å². The summed E-state index contributed by atoms with van der Waals surface area (Å²) in [5, 5.41) is 2.45. The maximum atomic E-state index is 13.5. The highest BCUT2D eigenvalue weighted by Crippen LogP contribution is 2.33. The summed E-state index contributed by atoms with van der Waals surface area (Å²) < 4.78 is 95.2. The third kappa shape index (κ3) is 7.21. The Labute approximate surface area is 234 Å². The molecule has 0 saturated heterocycles. The summed E-state index contributed by atoms with van der Waals surface area (Å²) in [5.41, 5.74) is -0.565. The van der Waals surface area contributed by atoms with Crippen molar-refractivity contribution in [3.8, 4) is 0 Å². The average Bonchev–Trinajstić information content (AvgIpc) is 2.92. The van der Waals surface area contributed by atoms with Gasteiger partial charge in [0.25, 0.3) is 20.0 Å². The second kappa shape index (κ2) is 11.6. The van der Waals surface area contributed by atoms with Crippen molar-refractivity contribution in [2.75, 3.05) is 20.9 Å². The lowest BCUT2D eigenvalue weighted by Gasteiger charge is -2.25. The molecule has 0 spiro atoms. The summed E-state index contributed by atoms with van der Waals surface area (Å²) in [6.07, 6.45) is -3.33. The molecule has 0 aliphatic carbocycles. The van der Waals surface area contributed by atoms with Crippen LogP contribution in [0.3, 0.4) is 0 Å². The van der Waals surface area contributed by atoms with Crippen molar-refractivity contribution in [2.24, 2.45) is 0 Å². The van der Waals surface area contributed by atoms with E-state index in [-0.39, 0.29) is 27.0 Å². The number of aryl methyl sites for hydroxylation is 1. The second-order valence-electron chi connectivity index (χ2n) is 8.77. The first-order chi connectivity index (χ1) is 19.3. The SMILES string of the molecule is Cc1ccc(S(=O)(=O)N(CC(=O)Nc2ccc(S(=O)(=O)Nc3ccccn3)cc2)c2cccc(C(F)(F)F)c2)cc1. The van der Waals surface area contributed by atoms with Crippen LogP contribution in [0, 0.1) is 6.92 Å². The Balaban J connectivity index is 1.58. The second-order valence-corrected chi connectivity index (χ2v) is 12.3. The van der Waals surface area contributed by atoms with Gasteiger partial charge in [-0.2, -0.15) is 13.2 Å². The molecular formula is C27H23F3N4O5S2. The van der Waals surface area contributed by atoms with Crippen molar-refractivity contribution < 1.29 is 34.8 Å². The van der Waals surface area contributed by atoms with E-state index in [9.17, 15) is 34.8 Å². The third-order valence-corrected chi connectivity index (χ3v) is 8.87. The molecule has 0 bridgehead atoms. The van der Waals surface area contributed by atoms with Gasteiger partial charge in [-0.25, -0.2) is 21.8 Å². The van der Waals surface area contributed by atoms with Crippen LogP contribution in [0.4, 0.5) is 30.4 Å². The predicted octanol–water partition coefficient (Wildman–Crippen LogP) is 5.04. The van der Waals surface area contributed by atoms with Gasteiger partial charge in [0.15, 0.2) is 0 Å². The highest BCUT2D eigenvalue weighted by molar-refractivity contribution is 7.93. The first-order valence-corrected chi connectivity index (χ1v) is 14.8. The molecule has 9 nitrogen and oxygen atoms in total. The molecule has 1 amide bonds. The topological polar surface area (TPSA) is 126 Å². The number of nitrogens with one attached hydrogen (secondary N) is 2. The number of carbonyl (C=O) groups is 1. The third-order valence-electron chi connectivity index (χ3n) is 5.71. The van der Waals surface area contributed by atoms with E-state index < -0.39 is 44.2 Å². The van der Waals surface area contributed by atoms with Gasteiger partial charge in [0.2, 0.25) is 5.91 Å². The molecule has 2 N–H and O–H groups in total. The number of benzene rings is 3. The summed E-state index contributed by atoms with van der Waals surface area (Å²) in [7, 11) is -8.45. The van der Waals surface area contributed by atoms with E-state index in [0.29, 0.717) is 10.4 Å². The van der Waals surface area contributed by atoms with Crippen LogP contribution in [0.15, 0.2) is 107 Å².